The number of nitrogens with one attached hydrogen (secondary N) is 2. The van der Waals surface area contributed by atoms with E-state index in [4.69, 9.17) is 23.7 Å². The minimum atomic E-state index is -0.815. The summed E-state index contributed by atoms with van der Waals surface area (Å²) < 4.78 is 28.5. The predicted molar refractivity (Wildman–Crippen MR) is 151 cm³/mol. The van der Waals surface area contributed by atoms with E-state index >= 15 is 0 Å². The van der Waals surface area contributed by atoms with Gasteiger partial charge in [0.25, 0.3) is 5.91 Å². The third kappa shape index (κ3) is 6.73. The average Bonchev–Trinajstić information content (AvgIpc) is 3.41. The fraction of sp³-hybridized carbons (Fsp3) is 0.276. The van der Waals surface area contributed by atoms with Crippen molar-refractivity contribution in [3.63, 3.8) is 0 Å². The van der Waals surface area contributed by atoms with E-state index in [1.54, 1.807) is 47.5 Å². The lowest BCUT2D eigenvalue weighted by molar-refractivity contribution is 0.0713. The van der Waals surface area contributed by atoms with Gasteiger partial charge in [0.05, 0.1) is 28.4 Å². The summed E-state index contributed by atoms with van der Waals surface area (Å²) in [7, 11) is 6.33. The van der Waals surface area contributed by atoms with Crippen molar-refractivity contribution in [2.24, 2.45) is 0 Å². The number of para-hydroxylation sites is 1. The highest BCUT2D eigenvalue weighted by molar-refractivity contribution is 5.85. The molecule has 1 atom stereocenters. The normalized spacial score (nSPS) is 11.3. The molecule has 2 N–H and O–H groups in total. The van der Waals surface area contributed by atoms with E-state index in [2.05, 4.69) is 20.7 Å². The van der Waals surface area contributed by atoms with E-state index in [1.807, 2.05) is 54.6 Å². The summed E-state index contributed by atoms with van der Waals surface area (Å²) in [5.74, 6) is 3.19. The molecular formula is C29H33N5O6. The number of methoxy groups -OCH3 is 4. The first-order valence-corrected chi connectivity index (χ1v) is 12.6. The van der Waals surface area contributed by atoms with Crippen LogP contribution in [0.5, 0.6) is 28.7 Å². The lowest BCUT2D eigenvalue weighted by Gasteiger charge is -2.15. The Kier molecular flexibility index (Phi) is 9.29. The molecule has 0 aliphatic heterocycles. The molecule has 1 aromatic heterocycles. The molecule has 11 nitrogen and oxygen atoms in total. The SMILES string of the molecule is COc1ccc(CNc2nc(NCc3ccc(OC)c(OC)c3)n(C(=O)C(C)Oc3ccccc3)n2)cc1OC. The molecular weight excluding hydrogens is 514 g/mol. The molecule has 0 amide bonds. The molecule has 0 aliphatic carbocycles. The van der Waals surface area contributed by atoms with E-state index in [0.717, 1.165) is 11.1 Å². The van der Waals surface area contributed by atoms with Gasteiger partial charge in [0.15, 0.2) is 29.1 Å². The highest BCUT2D eigenvalue weighted by atomic mass is 16.5. The molecule has 3 aromatic carbocycles. The third-order valence-corrected chi connectivity index (χ3v) is 6.02. The van der Waals surface area contributed by atoms with Crippen molar-refractivity contribution < 1.29 is 28.5 Å². The molecule has 0 spiro atoms. The second-order valence-corrected chi connectivity index (χ2v) is 8.67. The maximum atomic E-state index is 13.4. The molecule has 1 heterocycles. The van der Waals surface area contributed by atoms with E-state index < -0.39 is 6.10 Å². The van der Waals surface area contributed by atoms with Crippen LogP contribution >= 0.6 is 0 Å². The van der Waals surface area contributed by atoms with Gasteiger partial charge in [0.1, 0.15) is 5.75 Å². The summed E-state index contributed by atoms with van der Waals surface area (Å²) in [4.78, 5) is 18.0. The Balaban J connectivity index is 1.55. The zero-order valence-electron chi connectivity index (χ0n) is 23.1. The smallest absolute Gasteiger partial charge is 0.290 e. The number of benzene rings is 3. The van der Waals surface area contributed by atoms with Crippen molar-refractivity contribution in [1.82, 2.24) is 14.8 Å². The van der Waals surface area contributed by atoms with Crippen LogP contribution in [0.4, 0.5) is 11.9 Å². The van der Waals surface area contributed by atoms with Crippen LogP contribution < -0.4 is 34.3 Å². The molecule has 1 unspecified atom stereocenters. The number of carbonyl (C=O) groups is 1. The zero-order chi connectivity index (χ0) is 28.5. The Morgan fingerprint density at radius 2 is 1.32 bits per heavy atom. The number of nitrogens with zero attached hydrogens (tertiary/aromatic N) is 3. The molecule has 0 saturated heterocycles. The largest absolute Gasteiger partial charge is 0.493 e. The van der Waals surface area contributed by atoms with Gasteiger partial charge in [-0.2, -0.15) is 9.67 Å². The Hall–Kier alpha value is -4.93. The van der Waals surface area contributed by atoms with E-state index in [0.29, 0.717) is 41.8 Å². The summed E-state index contributed by atoms with van der Waals surface area (Å²) in [6, 6.07) is 20.3. The second kappa shape index (κ2) is 13.2. The molecule has 0 fully saturated rings. The monoisotopic (exact) mass is 547 g/mol. The van der Waals surface area contributed by atoms with Gasteiger partial charge < -0.3 is 34.3 Å². The Morgan fingerprint density at radius 3 is 1.88 bits per heavy atom. The van der Waals surface area contributed by atoms with Gasteiger partial charge in [-0.15, -0.1) is 5.10 Å². The van der Waals surface area contributed by atoms with Crippen LogP contribution in [-0.2, 0) is 13.1 Å². The van der Waals surface area contributed by atoms with E-state index in [9.17, 15) is 4.79 Å². The van der Waals surface area contributed by atoms with Gasteiger partial charge in [0, 0.05) is 13.1 Å². The Labute approximate surface area is 233 Å². The molecule has 0 aliphatic rings. The van der Waals surface area contributed by atoms with Crippen LogP contribution in [0.2, 0.25) is 0 Å². The standard InChI is InChI=1S/C29H33N5O6/c1-19(40-22-9-7-6-8-10-22)27(35)34-29(31-18-21-12-14-24(37-3)26(16-21)39-5)32-28(33-34)30-17-20-11-13-23(36-2)25(15-20)38-4/h6-16,19H,17-18H2,1-5H3,(H2,30,31,32,33). The molecule has 0 saturated carbocycles. The first-order valence-electron chi connectivity index (χ1n) is 12.6. The average molecular weight is 548 g/mol. The molecule has 0 bridgehead atoms. The minimum Gasteiger partial charge on any atom is -0.493 e. The summed E-state index contributed by atoms with van der Waals surface area (Å²) >= 11 is 0. The molecule has 40 heavy (non-hydrogen) atoms. The van der Waals surface area contributed by atoms with Crippen molar-refractivity contribution in [2.75, 3.05) is 39.1 Å². The lowest BCUT2D eigenvalue weighted by Crippen LogP contribution is -2.31. The Bertz CT molecular complexity index is 1430. The second-order valence-electron chi connectivity index (χ2n) is 8.67. The van der Waals surface area contributed by atoms with Gasteiger partial charge in [-0.3, -0.25) is 4.79 Å². The first kappa shape index (κ1) is 28.1. The van der Waals surface area contributed by atoms with Crippen LogP contribution in [0.3, 0.4) is 0 Å². The van der Waals surface area contributed by atoms with E-state index in [1.165, 1.54) is 4.68 Å². The fourth-order valence-electron chi connectivity index (χ4n) is 3.92. The third-order valence-electron chi connectivity index (χ3n) is 6.02. The summed E-state index contributed by atoms with van der Waals surface area (Å²) in [5, 5.41) is 10.8. The first-order chi connectivity index (χ1) is 19.4. The molecule has 11 heteroatoms. The Morgan fingerprint density at radius 1 is 0.775 bits per heavy atom. The quantitative estimate of drug-likeness (QED) is 0.245. The molecule has 4 aromatic rings. The van der Waals surface area contributed by atoms with Crippen molar-refractivity contribution in [2.45, 2.75) is 26.1 Å². The van der Waals surface area contributed by atoms with Gasteiger partial charge >= 0.3 is 0 Å². The minimum absolute atomic E-state index is 0.262. The number of anilines is 2. The maximum absolute atomic E-state index is 13.4. The molecule has 210 valence electrons. The van der Waals surface area contributed by atoms with Crippen LogP contribution in [0.15, 0.2) is 66.7 Å². The van der Waals surface area contributed by atoms with Crippen LogP contribution in [0.25, 0.3) is 0 Å². The number of rotatable bonds is 13. The topological polar surface area (TPSA) is 118 Å². The van der Waals surface area contributed by atoms with E-state index in [-0.39, 0.29) is 17.8 Å². The van der Waals surface area contributed by atoms with Gasteiger partial charge in [-0.05, 0) is 54.4 Å². The summed E-state index contributed by atoms with van der Waals surface area (Å²) in [5.41, 5.74) is 1.81. The van der Waals surface area contributed by atoms with Gasteiger partial charge in [-0.25, -0.2) is 0 Å². The zero-order valence-corrected chi connectivity index (χ0v) is 23.1. The summed E-state index contributed by atoms with van der Waals surface area (Å²) in [6.45, 7) is 2.42. The maximum Gasteiger partial charge on any atom is 0.290 e. The van der Waals surface area contributed by atoms with Gasteiger partial charge in [-0.1, -0.05) is 30.3 Å². The van der Waals surface area contributed by atoms with Crippen LogP contribution in [0.1, 0.15) is 22.8 Å². The predicted octanol–water partition coefficient (Wildman–Crippen LogP) is 4.64. The van der Waals surface area contributed by atoms with Crippen molar-refractivity contribution >= 4 is 17.8 Å². The number of carbonyl (C=O) groups excluding carboxylic acids is 1. The van der Waals surface area contributed by atoms with Crippen molar-refractivity contribution in [3.05, 3.63) is 77.9 Å². The number of hydrogen-bond donors (Lipinski definition) is 2. The number of aromatic nitrogens is 3. The highest BCUT2D eigenvalue weighted by Crippen LogP contribution is 2.29. The van der Waals surface area contributed by atoms with Crippen molar-refractivity contribution in [3.8, 4) is 28.7 Å². The number of ether oxygens (including phenoxy) is 5. The highest BCUT2D eigenvalue weighted by Gasteiger charge is 2.23. The van der Waals surface area contributed by atoms with Crippen LogP contribution in [-0.4, -0.2) is 55.2 Å². The summed E-state index contributed by atoms with van der Waals surface area (Å²) in [6.07, 6.45) is -0.815. The molecule has 4 rings (SSSR count). The van der Waals surface area contributed by atoms with Crippen molar-refractivity contribution in [1.29, 1.82) is 0 Å². The van der Waals surface area contributed by atoms with Gasteiger partial charge in [0.2, 0.25) is 11.9 Å². The lowest BCUT2D eigenvalue weighted by atomic mass is 10.2. The fourth-order valence-corrected chi connectivity index (χ4v) is 3.92. The molecule has 0 radical (unpaired) electrons. The number of hydrogen-bond acceptors (Lipinski definition) is 10. The van der Waals surface area contributed by atoms with Crippen LogP contribution in [0, 0.1) is 0 Å².